The monoisotopic (exact) mass is 261 g/mol. The molecular formula is C14H19N3S. The third-order valence-corrected chi connectivity index (χ3v) is 2.55. The minimum absolute atomic E-state index is 1.10. The van der Waals surface area contributed by atoms with Gasteiger partial charge in [0, 0.05) is 25.6 Å². The minimum atomic E-state index is 1.10. The number of aromatic nitrogens is 2. The van der Waals surface area contributed by atoms with Crippen LogP contribution in [0.15, 0.2) is 48.4 Å². The zero-order valence-electron chi connectivity index (χ0n) is 11.1. The summed E-state index contributed by atoms with van der Waals surface area (Å²) in [6, 6.07) is 3.99. The van der Waals surface area contributed by atoms with Crippen LogP contribution >= 0.6 is 11.3 Å². The molecule has 0 amide bonds. The predicted octanol–water partition coefficient (Wildman–Crippen LogP) is 4.02. The number of rotatable bonds is 1. The standard InChI is InChI=1S/C9H8N2S.C3H6.C2H5N/c1-7-11-6-9(12-7)8-2-4-10-5-3-8;2*1-3-2/h2-6H,1H3;3H,1H2,2H3;1H2,2H3. The summed E-state index contributed by atoms with van der Waals surface area (Å²) in [5.41, 5.74) is 1.19. The van der Waals surface area contributed by atoms with E-state index in [9.17, 15) is 0 Å². The molecule has 0 unspecified atom stereocenters. The van der Waals surface area contributed by atoms with Gasteiger partial charge < -0.3 is 4.99 Å². The summed E-state index contributed by atoms with van der Waals surface area (Å²) in [5.74, 6) is 0. The summed E-state index contributed by atoms with van der Waals surface area (Å²) in [4.78, 5) is 12.6. The Hall–Kier alpha value is -1.81. The van der Waals surface area contributed by atoms with Crippen molar-refractivity contribution in [2.45, 2.75) is 13.8 Å². The van der Waals surface area contributed by atoms with Crippen LogP contribution in [0.25, 0.3) is 10.4 Å². The maximum Gasteiger partial charge on any atom is 0.0900 e. The molecule has 2 aromatic rings. The molecule has 96 valence electrons. The lowest BCUT2D eigenvalue weighted by Crippen LogP contribution is -1.71. The lowest BCUT2D eigenvalue weighted by atomic mass is 10.2. The van der Waals surface area contributed by atoms with Crippen LogP contribution in [-0.2, 0) is 0 Å². The molecule has 2 rings (SSSR count). The number of aliphatic imine (C=N–C) groups is 1. The normalized spacial score (nSPS) is 8.17. The van der Waals surface area contributed by atoms with Crippen LogP contribution in [0.5, 0.6) is 0 Å². The summed E-state index contributed by atoms with van der Waals surface area (Å²) in [6.45, 7) is 10.4. The molecule has 2 aromatic heterocycles. The molecular weight excluding hydrogens is 242 g/mol. The van der Waals surface area contributed by atoms with Crippen molar-refractivity contribution in [1.29, 1.82) is 0 Å². The molecule has 0 N–H and O–H groups in total. The fourth-order valence-electron chi connectivity index (χ4n) is 1.01. The molecule has 0 atom stereocenters. The van der Waals surface area contributed by atoms with Gasteiger partial charge in [0.15, 0.2) is 0 Å². The molecule has 0 aliphatic rings. The average Bonchev–Trinajstić information content (AvgIpc) is 2.79. The first kappa shape index (κ1) is 16.2. The minimum Gasteiger partial charge on any atom is -0.304 e. The van der Waals surface area contributed by atoms with E-state index in [0.29, 0.717) is 0 Å². The predicted molar refractivity (Wildman–Crippen MR) is 81.4 cm³/mol. The van der Waals surface area contributed by atoms with Crippen LogP contribution in [0.2, 0.25) is 0 Å². The highest BCUT2D eigenvalue weighted by Gasteiger charge is 1.99. The summed E-state index contributed by atoms with van der Waals surface area (Å²) < 4.78 is 0. The third kappa shape index (κ3) is 6.70. The van der Waals surface area contributed by atoms with Gasteiger partial charge in [-0.3, -0.25) is 4.98 Å². The maximum absolute atomic E-state index is 4.19. The Balaban J connectivity index is 0.000000414. The molecule has 4 heteroatoms. The van der Waals surface area contributed by atoms with Gasteiger partial charge in [-0.15, -0.1) is 17.9 Å². The number of hydrogen-bond acceptors (Lipinski definition) is 4. The lowest BCUT2D eigenvalue weighted by Gasteiger charge is -1.92. The van der Waals surface area contributed by atoms with Gasteiger partial charge in [0.1, 0.15) is 0 Å². The summed E-state index contributed by atoms with van der Waals surface area (Å²) in [7, 11) is 1.64. The van der Waals surface area contributed by atoms with Crippen LogP contribution < -0.4 is 0 Å². The molecule has 18 heavy (non-hydrogen) atoms. The number of pyridine rings is 1. The fraction of sp³-hybridized carbons (Fsp3) is 0.214. The highest BCUT2D eigenvalue weighted by atomic mass is 32.1. The quantitative estimate of drug-likeness (QED) is 0.574. The van der Waals surface area contributed by atoms with Crippen LogP contribution in [-0.4, -0.2) is 23.7 Å². The second kappa shape index (κ2) is 10.4. The smallest absolute Gasteiger partial charge is 0.0900 e. The topological polar surface area (TPSA) is 38.1 Å². The van der Waals surface area contributed by atoms with E-state index in [4.69, 9.17) is 0 Å². The maximum atomic E-state index is 4.19. The molecule has 0 fully saturated rings. The van der Waals surface area contributed by atoms with E-state index in [1.165, 1.54) is 10.4 Å². The highest BCUT2D eigenvalue weighted by Crippen LogP contribution is 2.24. The molecule has 0 bridgehead atoms. The third-order valence-electron chi connectivity index (χ3n) is 1.59. The SMILES string of the molecule is C=CC.C=NC.Cc1ncc(-c2ccncc2)s1. The Morgan fingerprint density at radius 2 is 1.83 bits per heavy atom. The summed E-state index contributed by atoms with van der Waals surface area (Å²) in [6.07, 6.45) is 7.24. The summed E-state index contributed by atoms with van der Waals surface area (Å²) >= 11 is 1.70. The van der Waals surface area contributed by atoms with Crippen LogP contribution in [0.1, 0.15) is 11.9 Å². The van der Waals surface area contributed by atoms with Gasteiger partial charge in [0.05, 0.1) is 9.88 Å². The zero-order valence-corrected chi connectivity index (χ0v) is 11.9. The first-order valence-electron chi connectivity index (χ1n) is 5.44. The fourth-order valence-corrected chi connectivity index (χ4v) is 1.79. The van der Waals surface area contributed by atoms with Crippen molar-refractivity contribution >= 4 is 18.1 Å². The second-order valence-corrected chi connectivity index (χ2v) is 4.44. The molecule has 3 nitrogen and oxygen atoms in total. The average molecular weight is 261 g/mol. The van der Waals surface area contributed by atoms with Crippen molar-refractivity contribution in [2.75, 3.05) is 7.05 Å². The van der Waals surface area contributed by atoms with Crippen molar-refractivity contribution in [3.8, 4) is 10.4 Å². The van der Waals surface area contributed by atoms with Gasteiger partial charge in [0.2, 0.25) is 0 Å². The van der Waals surface area contributed by atoms with Gasteiger partial charge in [-0.25, -0.2) is 4.98 Å². The number of nitrogens with zero attached hydrogens (tertiary/aromatic N) is 3. The number of allylic oxidation sites excluding steroid dienone is 1. The molecule has 0 saturated heterocycles. The molecule has 0 spiro atoms. The van der Waals surface area contributed by atoms with E-state index in [0.717, 1.165) is 5.01 Å². The van der Waals surface area contributed by atoms with Gasteiger partial charge in [0.25, 0.3) is 0 Å². The van der Waals surface area contributed by atoms with Gasteiger partial charge in [-0.2, -0.15) is 0 Å². The number of thiazole rings is 1. The molecule has 0 aromatic carbocycles. The summed E-state index contributed by atoms with van der Waals surface area (Å²) in [5, 5.41) is 1.10. The van der Waals surface area contributed by atoms with Crippen molar-refractivity contribution < 1.29 is 0 Å². The van der Waals surface area contributed by atoms with E-state index in [1.807, 2.05) is 32.2 Å². The Morgan fingerprint density at radius 3 is 2.22 bits per heavy atom. The Morgan fingerprint density at radius 1 is 1.33 bits per heavy atom. The van der Waals surface area contributed by atoms with Crippen molar-refractivity contribution in [3.05, 3.63) is 48.4 Å². The van der Waals surface area contributed by atoms with Crippen molar-refractivity contribution in [2.24, 2.45) is 4.99 Å². The van der Waals surface area contributed by atoms with Crippen LogP contribution in [0.3, 0.4) is 0 Å². The lowest BCUT2D eigenvalue weighted by molar-refractivity contribution is 1.29. The Bertz CT molecular complexity index is 443. The molecule has 0 aliphatic carbocycles. The van der Waals surface area contributed by atoms with Gasteiger partial charge in [-0.1, -0.05) is 6.08 Å². The van der Waals surface area contributed by atoms with E-state index in [1.54, 1.807) is 36.9 Å². The zero-order chi connectivity index (χ0) is 13.8. The van der Waals surface area contributed by atoms with E-state index in [-0.39, 0.29) is 0 Å². The van der Waals surface area contributed by atoms with Crippen LogP contribution in [0.4, 0.5) is 0 Å². The van der Waals surface area contributed by atoms with Gasteiger partial charge >= 0.3 is 0 Å². The first-order chi connectivity index (χ1) is 8.69. The van der Waals surface area contributed by atoms with Crippen molar-refractivity contribution in [1.82, 2.24) is 9.97 Å². The molecule has 0 radical (unpaired) electrons. The van der Waals surface area contributed by atoms with Crippen LogP contribution in [0, 0.1) is 6.92 Å². The number of aryl methyl sites for hydroxylation is 1. The van der Waals surface area contributed by atoms with Crippen molar-refractivity contribution in [3.63, 3.8) is 0 Å². The van der Waals surface area contributed by atoms with E-state index >= 15 is 0 Å². The molecule has 0 aliphatic heterocycles. The van der Waals surface area contributed by atoms with E-state index < -0.39 is 0 Å². The Kier molecular flexibility index (Phi) is 9.31. The number of hydrogen-bond donors (Lipinski definition) is 0. The molecule has 2 heterocycles. The van der Waals surface area contributed by atoms with Gasteiger partial charge in [-0.05, 0) is 38.3 Å². The Labute approximate surface area is 113 Å². The largest absolute Gasteiger partial charge is 0.304 e. The van der Waals surface area contributed by atoms with E-state index in [2.05, 4.69) is 28.3 Å². The molecule has 0 saturated carbocycles. The second-order valence-electron chi connectivity index (χ2n) is 3.20. The highest BCUT2D eigenvalue weighted by molar-refractivity contribution is 7.15. The first-order valence-corrected chi connectivity index (χ1v) is 6.25.